The third-order valence-electron chi connectivity index (χ3n) is 4.57. The number of pyridine rings is 1. The summed E-state index contributed by atoms with van der Waals surface area (Å²) in [6.45, 7) is 0. The van der Waals surface area contributed by atoms with Crippen molar-refractivity contribution in [1.29, 1.82) is 0 Å². The summed E-state index contributed by atoms with van der Waals surface area (Å²) in [5.41, 5.74) is 2.22. The van der Waals surface area contributed by atoms with Crippen molar-refractivity contribution in [3.05, 3.63) is 79.0 Å². The van der Waals surface area contributed by atoms with Gasteiger partial charge in [0.25, 0.3) is 0 Å². The number of benzene rings is 2. The highest BCUT2D eigenvalue weighted by molar-refractivity contribution is 7.22. The Bertz CT molecular complexity index is 1380. The molecule has 5 aromatic rings. The van der Waals surface area contributed by atoms with E-state index in [4.69, 9.17) is 9.47 Å². The summed E-state index contributed by atoms with van der Waals surface area (Å²) in [7, 11) is 1.52. The molecule has 0 radical (unpaired) electrons. The van der Waals surface area contributed by atoms with E-state index in [-0.39, 0.29) is 11.6 Å². The summed E-state index contributed by atoms with van der Waals surface area (Å²) in [6.07, 6.45) is 4.66. The number of nitrogens with one attached hydrogen (secondary N) is 1. The van der Waals surface area contributed by atoms with Crippen molar-refractivity contribution >= 4 is 32.4 Å². The zero-order chi connectivity index (χ0) is 21.9. The molecule has 0 atom stereocenters. The van der Waals surface area contributed by atoms with Crippen molar-refractivity contribution < 1.29 is 13.9 Å². The minimum Gasteiger partial charge on any atom is -0.481 e. The average Bonchev–Trinajstić information content (AvgIpc) is 3.24. The Balaban J connectivity index is 1.41. The molecular weight excluding hydrogens is 429 g/mol. The van der Waals surface area contributed by atoms with E-state index in [9.17, 15) is 4.39 Å². The van der Waals surface area contributed by atoms with Crippen LogP contribution in [0.1, 0.15) is 0 Å². The smallest absolute Gasteiger partial charge is 0.246 e. The quantitative estimate of drug-likeness (QED) is 0.352. The molecule has 3 heterocycles. The fourth-order valence-corrected chi connectivity index (χ4v) is 4.01. The molecule has 0 aliphatic carbocycles. The second-order valence-corrected chi connectivity index (χ2v) is 7.66. The number of methoxy groups -OCH3 is 1. The molecule has 0 spiro atoms. The van der Waals surface area contributed by atoms with Gasteiger partial charge in [0, 0.05) is 24.7 Å². The normalized spacial score (nSPS) is 10.8. The SMILES string of the molecule is COc1ncccc1-c1nccnc1Oc1ccc(Nc2nc3ccccc3s2)c(F)c1. The van der Waals surface area contributed by atoms with Gasteiger partial charge in [-0.25, -0.2) is 24.3 Å². The number of anilines is 2. The van der Waals surface area contributed by atoms with Crippen LogP contribution in [0.2, 0.25) is 0 Å². The standard InChI is InChI=1S/C23H16FN5O2S/c1-30-21-15(5-4-10-26-21)20-22(27-12-11-25-20)31-14-8-9-17(16(24)13-14)28-23-29-18-6-2-3-7-19(18)32-23/h2-13H,1H3,(H,28,29). The molecule has 0 bridgehead atoms. The van der Waals surface area contributed by atoms with Gasteiger partial charge in [-0.1, -0.05) is 23.5 Å². The van der Waals surface area contributed by atoms with Gasteiger partial charge in [-0.2, -0.15) is 0 Å². The maximum Gasteiger partial charge on any atom is 0.246 e. The van der Waals surface area contributed by atoms with Crippen LogP contribution in [-0.4, -0.2) is 27.0 Å². The first kappa shape index (κ1) is 19.8. The molecule has 0 saturated carbocycles. The van der Waals surface area contributed by atoms with Gasteiger partial charge in [0.2, 0.25) is 11.8 Å². The fourth-order valence-electron chi connectivity index (χ4n) is 3.13. The molecule has 0 unspecified atom stereocenters. The number of hydrogen-bond donors (Lipinski definition) is 1. The van der Waals surface area contributed by atoms with Crippen LogP contribution in [0.25, 0.3) is 21.5 Å². The Morgan fingerprint density at radius 2 is 1.75 bits per heavy atom. The zero-order valence-electron chi connectivity index (χ0n) is 16.8. The number of fused-ring (bicyclic) bond motifs is 1. The lowest BCUT2D eigenvalue weighted by molar-refractivity contribution is 0.398. The first-order valence-corrected chi connectivity index (χ1v) is 10.4. The third-order valence-corrected chi connectivity index (χ3v) is 5.53. The number of halogens is 1. The van der Waals surface area contributed by atoms with Crippen molar-refractivity contribution in [2.75, 3.05) is 12.4 Å². The van der Waals surface area contributed by atoms with E-state index in [1.165, 1.54) is 30.7 Å². The van der Waals surface area contributed by atoms with Gasteiger partial charge in [-0.05, 0) is 36.4 Å². The number of hydrogen-bond acceptors (Lipinski definition) is 8. The first-order valence-electron chi connectivity index (χ1n) is 9.61. The molecular formula is C23H16FN5O2S. The largest absolute Gasteiger partial charge is 0.481 e. The Kier molecular flexibility index (Phi) is 5.30. The lowest BCUT2D eigenvalue weighted by atomic mass is 10.2. The monoisotopic (exact) mass is 445 g/mol. The highest BCUT2D eigenvalue weighted by atomic mass is 32.1. The van der Waals surface area contributed by atoms with Crippen molar-refractivity contribution in [3.8, 4) is 28.8 Å². The average molecular weight is 445 g/mol. The molecule has 0 saturated heterocycles. The van der Waals surface area contributed by atoms with Gasteiger partial charge in [0.1, 0.15) is 17.3 Å². The highest BCUT2D eigenvalue weighted by Gasteiger charge is 2.16. The van der Waals surface area contributed by atoms with Crippen molar-refractivity contribution in [3.63, 3.8) is 0 Å². The molecule has 0 amide bonds. The molecule has 9 heteroatoms. The van der Waals surface area contributed by atoms with Crippen molar-refractivity contribution in [2.45, 2.75) is 0 Å². The molecule has 3 aromatic heterocycles. The van der Waals surface area contributed by atoms with Gasteiger partial charge in [-0.15, -0.1) is 0 Å². The van der Waals surface area contributed by atoms with Gasteiger partial charge in [0.15, 0.2) is 5.13 Å². The minimum absolute atomic E-state index is 0.213. The number of aromatic nitrogens is 4. The van der Waals surface area contributed by atoms with E-state index in [0.29, 0.717) is 28.0 Å². The topological polar surface area (TPSA) is 82.1 Å². The Morgan fingerprint density at radius 3 is 2.59 bits per heavy atom. The van der Waals surface area contributed by atoms with Crippen LogP contribution in [0.5, 0.6) is 17.5 Å². The van der Waals surface area contributed by atoms with E-state index in [0.717, 1.165) is 10.2 Å². The molecule has 1 N–H and O–H groups in total. The second kappa shape index (κ2) is 8.56. The molecule has 2 aromatic carbocycles. The fraction of sp³-hybridized carbons (Fsp3) is 0.0435. The summed E-state index contributed by atoms with van der Waals surface area (Å²) in [5, 5.41) is 3.64. The Labute approximate surface area is 186 Å². The maximum atomic E-state index is 14.8. The molecule has 7 nitrogen and oxygen atoms in total. The van der Waals surface area contributed by atoms with Crippen LogP contribution in [0.3, 0.4) is 0 Å². The van der Waals surface area contributed by atoms with Crippen LogP contribution in [0.4, 0.5) is 15.2 Å². The number of rotatable bonds is 6. The number of ether oxygens (including phenoxy) is 2. The van der Waals surface area contributed by atoms with Crippen LogP contribution < -0.4 is 14.8 Å². The van der Waals surface area contributed by atoms with Gasteiger partial charge >= 0.3 is 0 Å². The van der Waals surface area contributed by atoms with Crippen LogP contribution >= 0.6 is 11.3 Å². The van der Waals surface area contributed by atoms with Crippen LogP contribution in [0.15, 0.2) is 73.2 Å². The minimum atomic E-state index is -0.480. The van der Waals surface area contributed by atoms with E-state index in [2.05, 4.69) is 25.3 Å². The molecule has 32 heavy (non-hydrogen) atoms. The van der Waals surface area contributed by atoms with Crippen LogP contribution in [0, 0.1) is 5.82 Å². The van der Waals surface area contributed by atoms with E-state index >= 15 is 0 Å². The predicted octanol–water partition coefficient (Wildman–Crippen LogP) is 5.83. The summed E-state index contributed by atoms with van der Waals surface area (Å²) >= 11 is 1.45. The lowest BCUT2D eigenvalue weighted by Crippen LogP contribution is -1.98. The zero-order valence-corrected chi connectivity index (χ0v) is 17.6. The second-order valence-electron chi connectivity index (χ2n) is 6.63. The molecule has 0 aliphatic rings. The van der Waals surface area contributed by atoms with E-state index in [1.54, 1.807) is 36.7 Å². The Hall–Kier alpha value is -4.11. The summed E-state index contributed by atoms with van der Waals surface area (Å²) < 4.78 is 27.0. The van der Waals surface area contributed by atoms with Gasteiger partial charge in [0.05, 0.1) is 28.6 Å². The maximum absolute atomic E-state index is 14.8. The van der Waals surface area contributed by atoms with E-state index in [1.807, 2.05) is 24.3 Å². The van der Waals surface area contributed by atoms with E-state index < -0.39 is 5.82 Å². The summed E-state index contributed by atoms with van der Waals surface area (Å²) in [6, 6.07) is 15.8. The van der Waals surface area contributed by atoms with Crippen molar-refractivity contribution in [2.24, 2.45) is 0 Å². The highest BCUT2D eigenvalue weighted by Crippen LogP contribution is 2.35. The molecule has 0 aliphatic heterocycles. The molecule has 5 rings (SSSR count). The molecule has 158 valence electrons. The Morgan fingerprint density at radius 1 is 0.906 bits per heavy atom. The lowest BCUT2D eigenvalue weighted by Gasteiger charge is -2.12. The van der Waals surface area contributed by atoms with Crippen molar-refractivity contribution in [1.82, 2.24) is 19.9 Å². The molecule has 0 fully saturated rings. The van der Waals surface area contributed by atoms with Gasteiger partial charge < -0.3 is 14.8 Å². The summed E-state index contributed by atoms with van der Waals surface area (Å²) in [5.74, 6) is 0.401. The number of para-hydroxylation sites is 1. The predicted molar refractivity (Wildman–Crippen MR) is 121 cm³/mol. The summed E-state index contributed by atoms with van der Waals surface area (Å²) in [4.78, 5) is 17.3. The number of thiazole rings is 1. The van der Waals surface area contributed by atoms with Crippen LogP contribution in [-0.2, 0) is 0 Å². The first-order chi connectivity index (χ1) is 15.7. The number of nitrogens with zero attached hydrogens (tertiary/aromatic N) is 4. The van der Waals surface area contributed by atoms with Gasteiger partial charge in [-0.3, -0.25) is 0 Å². The third kappa shape index (κ3) is 3.93.